The van der Waals surface area contributed by atoms with E-state index >= 15 is 0 Å². The Morgan fingerprint density at radius 1 is 1.24 bits per heavy atom. The third-order valence-corrected chi connectivity index (χ3v) is 3.12. The Kier molecular flexibility index (Phi) is 5.00. The molecule has 0 aliphatic rings. The van der Waals surface area contributed by atoms with Crippen LogP contribution in [-0.4, -0.2) is 24.0 Å². The van der Waals surface area contributed by atoms with Gasteiger partial charge >= 0.3 is 0 Å². The largest absolute Gasteiger partial charge is 0.330 e. The molecule has 0 saturated heterocycles. The van der Waals surface area contributed by atoms with Crippen LogP contribution in [0.15, 0.2) is 42.6 Å². The Morgan fingerprint density at radius 2 is 1.95 bits per heavy atom. The minimum absolute atomic E-state index is 0.217. The third kappa shape index (κ3) is 3.86. The van der Waals surface area contributed by atoms with Crippen LogP contribution >= 0.6 is 0 Å². The molecule has 0 unspecified atom stereocenters. The summed E-state index contributed by atoms with van der Waals surface area (Å²) in [6.45, 7) is 2.97. The topological polar surface area (TPSA) is 59.2 Å². The van der Waals surface area contributed by atoms with Crippen LogP contribution in [0.3, 0.4) is 0 Å². The molecule has 0 saturated carbocycles. The Morgan fingerprint density at radius 3 is 2.52 bits per heavy atom. The highest BCUT2D eigenvalue weighted by molar-refractivity contribution is 6.04. The minimum atomic E-state index is -0.463. The van der Waals surface area contributed by atoms with Gasteiger partial charge in [0, 0.05) is 12.2 Å². The van der Waals surface area contributed by atoms with Gasteiger partial charge in [-0.25, -0.2) is 9.37 Å². The maximum absolute atomic E-state index is 12.9. The van der Waals surface area contributed by atoms with Crippen molar-refractivity contribution in [3.8, 4) is 0 Å². The molecule has 0 atom stereocenters. The first-order valence-corrected chi connectivity index (χ1v) is 6.82. The zero-order chi connectivity index (χ0) is 15.2. The van der Waals surface area contributed by atoms with E-state index in [2.05, 4.69) is 4.98 Å². The Balaban J connectivity index is 2.28. The first-order chi connectivity index (χ1) is 10.1. The summed E-state index contributed by atoms with van der Waals surface area (Å²) in [4.78, 5) is 18.0. The number of aryl methyl sites for hydroxylation is 1. The van der Waals surface area contributed by atoms with E-state index in [9.17, 15) is 9.18 Å². The van der Waals surface area contributed by atoms with Crippen LogP contribution in [0.2, 0.25) is 0 Å². The molecule has 2 aromatic rings. The molecule has 2 N–H and O–H groups in total. The van der Waals surface area contributed by atoms with Crippen LogP contribution in [0.5, 0.6) is 0 Å². The van der Waals surface area contributed by atoms with Gasteiger partial charge in [-0.1, -0.05) is 17.7 Å². The lowest BCUT2D eigenvalue weighted by Gasteiger charge is -2.22. The zero-order valence-electron chi connectivity index (χ0n) is 11.9. The van der Waals surface area contributed by atoms with Gasteiger partial charge in [0.05, 0.1) is 6.20 Å². The Labute approximate surface area is 123 Å². The maximum atomic E-state index is 12.9. The number of nitrogens with two attached hydrogens (primary N) is 1. The SMILES string of the molecule is Cc1ccc(N(CCCN)C(=O)c2ccc(F)cn2)cc1. The van der Waals surface area contributed by atoms with Crippen molar-refractivity contribution < 1.29 is 9.18 Å². The molecule has 2 rings (SSSR count). The minimum Gasteiger partial charge on any atom is -0.330 e. The van der Waals surface area contributed by atoms with Gasteiger partial charge in [-0.15, -0.1) is 0 Å². The van der Waals surface area contributed by atoms with Crippen LogP contribution < -0.4 is 10.6 Å². The summed E-state index contributed by atoms with van der Waals surface area (Å²) in [5.74, 6) is -0.720. The summed E-state index contributed by atoms with van der Waals surface area (Å²) in [6, 6.07) is 10.3. The summed E-state index contributed by atoms with van der Waals surface area (Å²) in [6.07, 6.45) is 1.73. The number of hydrogen-bond donors (Lipinski definition) is 1. The van der Waals surface area contributed by atoms with E-state index in [1.165, 1.54) is 12.1 Å². The van der Waals surface area contributed by atoms with E-state index in [1.54, 1.807) is 4.90 Å². The van der Waals surface area contributed by atoms with Gasteiger partial charge in [0.2, 0.25) is 0 Å². The molecular weight excluding hydrogens is 269 g/mol. The second kappa shape index (κ2) is 6.95. The van der Waals surface area contributed by atoms with Gasteiger partial charge in [-0.2, -0.15) is 0 Å². The summed E-state index contributed by atoms with van der Waals surface area (Å²) in [5, 5.41) is 0. The molecule has 0 radical (unpaired) electrons. The van der Waals surface area contributed by atoms with Gasteiger partial charge < -0.3 is 10.6 Å². The van der Waals surface area contributed by atoms with Gasteiger partial charge in [0.15, 0.2) is 0 Å². The highest BCUT2D eigenvalue weighted by Gasteiger charge is 2.18. The lowest BCUT2D eigenvalue weighted by atomic mass is 10.2. The van der Waals surface area contributed by atoms with Gasteiger partial charge in [0.25, 0.3) is 5.91 Å². The van der Waals surface area contributed by atoms with Crippen molar-refractivity contribution in [1.29, 1.82) is 0 Å². The van der Waals surface area contributed by atoms with Crippen LogP contribution in [0.25, 0.3) is 0 Å². The Hall–Kier alpha value is -2.27. The molecule has 21 heavy (non-hydrogen) atoms. The van der Waals surface area contributed by atoms with Crippen molar-refractivity contribution in [3.63, 3.8) is 0 Å². The van der Waals surface area contributed by atoms with Crippen LogP contribution in [0, 0.1) is 12.7 Å². The number of hydrogen-bond acceptors (Lipinski definition) is 3. The molecule has 0 bridgehead atoms. The summed E-state index contributed by atoms with van der Waals surface area (Å²) in [7, 11) is 0. The number of nitrogens with zero attached hydrogens (tertiary/aromatic N) is 2. The van der Waals surface area contributed by atoms with E-state index in [1.807, 2.05) is 31.2 Å². The number of amides is 1. The van der Waals surface area contributed by atoms with E-state index in [0.717, 1.165) is 17.4 Å². The normalized spacial score (nSPS) is 10.4. The lowest BCUT2D eigenvalue weighted by molar-refractivity contribution is 0.0982. The second-order valence-corrected chi connectivity index (χ2v) is 4.80. The average molecular weight is 287 g/mol. The number of carbonyl (C=O) groups excluding carboxylic acids is 1. The first kappa shape index (κ1) is 15.1. The van der Waals surface area contributed by atoms with Crippen molar-refractivity contribution in [2.24, 2.45) is 5.73 Å². The molecule has 110 valence electrons. The number of carbonyl (C=O) groups is 1. The van der Waals surface area contributed by atoms with Gasteiger partial charge in [-0.05, 0) is 44.2 Å². The molecule has 4 nitrogen and oxygen atoms in total. The number of benzene rings is 1. The number of anilines is 1. The van der Waals surface area contributed by atoms with Crippen molar-refractivity contribution in [2.45, 2.75) is 13.3 Å². The maximum Gasteiger partial charge on any atom is 0.276 e. The summed E-state index contributed by atoms with van der Waals surface area (Å²) in [5.41, 5.74) is 7.65. The van der Waals surface area contributed by atoms with Crippen LogP contribution in [0.4, 0.5) is 10.1 Å². The monoisotopic (exact) mass is 287 g/mol. The molecule has 0 aliphatic heterocycles. The van der Waals surface area contributed by atoms with Crippen molar-refractivity contribution in [2.75, 3.05) is 18.0 Å². The first-order valence-electron chi connectivity index (χ1n) is 6.82. The fourth-order valence-corrected chi connectivity index (χ4v) is 1.96. The number of aromatic nitrogens is 1. The molecule has 1 heterocycles. The van der Waals surface area contributed by atoms with E-state index in [-0.39, 0.29) is 11.6 Å². The Bertz CT molecular complexity index is 596. The van der Waals surface area contributed by atoms with Crippen molar-refractivity contribution in [1.82, 2.24) is 4.98 Å². The molecule has 1 aromatic carbocycles. The number of pyridine rings is 1. The van der Waals surface area contributed by atoms with Gasteiger partial charge in [0.1, 0.15) is 11.5 Å². The fourth-order valence-electron chi connectivity index (χ4n) is 1.96. The van der Waals surface area contributed by atoms with Crippen LogP contribution in [-0.2, 0) is 0 Å². The predicted molar refractivity (Wildman–Crippen MR) is 80.7 cm³/mol. The number of rotatable bonds is 5. The number of halogens is 1. The average Bonchev–Trinajstić information content (AvgIpc) is 2.50. The second-order valence-electron chi connectivity index (χ2n) is 4.80. The van der Waals surface area contributed by atoms with Crippen molar-refractivity contribution in [3.05, 3.63) is 59.7 Å². The molecular formula is C16H18FN3O. The molecule has 1 amide bonds. The molecule has 5 heteroatoms. The van der Waals surface area contributed by atoms with Gasteiger partial charge in [-0.3, -0.25) is 4.79 Å². The van der Waals surface area contributed by atoms with E-state index in [0.29, 0.717) is 19.5 Å². The molecule has 1 aromatic heterocycles. The molecule has 0 aliphatic carbocycles. The predicted octanol–water partition coefficient (Wildman–Crippen LogP) is 2.52. The van der Waals surface area contributed by atoms with E-state index < -0.39 is 5.82 Å². The highest BCUT2D eigenvalue weighted by atomic mass is 19.1. The lowest BCUT2D eigenvalue weighted by Crippen LogP contribution is -2.33. The fraction of sp³-hybridized carbons (Fsp3) is 0.250. The summed E-state index contributed by atoms with van der Waals surface area (Å²) >= 11 is 0. The molecule has 0 fully saturated rings. The molecule has 0 spiro atoms. The third-order valence-electron chi connectivity index (χ3n) is 3.12. The summed E-state index contributed by atoms with van der Waals surface area (Å²) < 4.78 is 12.9. The smallest absolute Gasteiger partial charge is 0.276 e. The highest BCUT2D eigenvalue weighted by Crippen LogP contribution is 2.18. The van der Waals surface area contributed by atoms with Crippen LogP contribution in [0.1, 0.15) is 22.5 Å². The van der Waals surface area contributed by atoms with Crippen molar-refractivity contribution >= 4 is 11.6 Å². The standard InChI is InChI=1S/C16H18FN3O/c1-12-3-6-14(7-4-12)20(10-2-9-18)16(21)15-8-5-13(17)11-19-15/h3-8,11H,2,9-10,18H2,1H3. The van der Waals surface area contributed by atoms with E-state index in [4.69, 9.17) is 5.73 Å². The quantitative estimate of drug-likeness (QED) is 0.919. The zero-order valence-corrected chi connectivity index (χ0v) is 11.9.